The number of benzene rings is 1. The zero-order chi connectivity index (χ0) is 12.1. The Labute approximate surface area is 93.1 Å². The van der Waals surface area contributed by atoms with Gasteiger partial charge in [-0.25, -0.2) is 0 Å². The molecule has 0 aromatic heterocycles. The van der Waals surface area contributed by atoms with Gasteiger partial charge in [0.2, 0.25) is 0 Å². The molecule has 88 valence electrons. The molecule has 0 amide bonds. The summed E-state index contributed by atoms with van der Waals surface area (Å²) in [6, 6.07) is 5.75. The highest BCUT2D eigenvalue weighted by atomic mass is 16.4. The van der Waals surface area contributed by atoms with Gasteiger partial charge in [-0.1, -0.05) is 24.3 Å². The molecular formula is C11H15NO4. The van der Waals surface area contributed by atoms with E-state index in [4.69, 9.17) is 15.9 Å². The van der Waals surface area contributed by atoms with E-state index >= 15 is 0 Å². The SMILES string of the molecule is NC(Cc1ccc(C(O)CO)cc1)C(=O)O. The van der Waals surface area contributed by atoms with Crippen LogP contribution in [0.5, 0.6) is 0 Å². The first-order chi connectivity index (χ1) is 7.54. The summed E-state index contributed by atoms with van der Waals surface area (Å²) in [7, 11) is 0. The molecule has 0 fully saturated rings. The number of rotatable bonds is 5. The maximum Gasteiger partial charge on any atom is 0.320 e. The fraction of sp³-hybridized carbons (Fsp3) is 0.364. The molecule has 0 spiro atoms. The van der Waals surface area contributed by atoms with Gasteiger partial charge in [0, 0.05) is 0 Å². The van der Waals surface area contributed by atoms with Crippen LogP contribution in [0.3, 0.4) is 0 Å². The highest BCUT2D eigenvalue weighted by Crippen LogP contribution is 2.13. The first kappa shape index (κ1) is 12.6. The molecule has 0 saturated heterocycles. The Morgan fingerprint density at radius 2 is 1.88 bits per heavy atom. The minimum atomic E-state index is -1.04. The fourth-order valence-electron chi connectivity index (χ4n) is 1.32. The first-order valence-corrected chi connectivity index (χ1v) is 4.90. The lowest BCUT2D eigenvalue weighted by Crippen LogP contribution is -2.32. The van der Waals surface area contributed by atoms with Gasteiger partial charge in [-0.05, 0) is 17.5 Å². The Hall–Kier alpha value is -1.43. The van der Waals surface area contributed by atoms with Crippen molar-refractivity contribution in [3.63, 3.8) is 0 Å². The van der Waals surface area contributed by atoms with Crippen molar-refractivity contribution in [1.29, 1.82) is 0 Å². The quantitative estimate of drug-likeness (QED) is 0.549. The molecule has 5 nitrogen and oxygen atoms in total. The van der Waals surface area contributed by atoms with Crippen LogP contribution in [0.25, 0.3) is 0 Å². The third-order valence-corrected chi connectivity index (χ3v) is 2.31. The van der Waals surface area contributed by atoms with Crippen molar-refractivity contribution in [2.45, 2.75) is 18.6 Å². The predicted octanol–water partition coefficient (Wildman–Crippen LogP) is -0.333. The number of aliphatic hydroxyl groups excluding tert-OH is 2. The largest absolute Gasteiger partial charge is 0.480 e. The van der Waals surface area contributed by atoms with Gasteiger partial charge in [-0.3, -0.25) is 4.79 Å². The van der Waals surface area contributed by atoms with Crippen molar-refractivity contribution in [3.8, 4) is 0 Å². The molecule has 2 atom stereocenters. The summed E-state index contributed by atoms with van der Waals surface area (Å²) in [6.45, 7) is -0.339. The summed E-state index contributed by atoms with van der Waals surface area (Å²) in [4.78, 5) is 10.5. The number of hydrogen-bond donors (Lipinski definition) is 4. The average molecular weight is 225 g/mol. The standard InChI is InChI=1S/C11H15NO4/c12-9(11(15)16)5-7-1-3-8(4-2-7)10(14)6-13/h1-4,9-10,13-14H,5-6,12H2,(H,15,16). The summed E-state index contributed by atoms with van der Waals surface area (Å²) >= 11 is 0. The lowest BCUT2D eigenvalue weighted by atomic mass is 10.0. The highest BCUT2D eigenvalue weighted by Gasteiger charge is 2.12. The van der Waals surface area contributed by atoms with E-state index in [0.717, 1.165) is 5.56 Å². The van der Waals surface area contributed by atoms with Gasteiger partial charge in [0.15, 0.2) is 0 Å². The molecule has 5 heteroatoms. The summed E-state index contributed by atoms with van der Waals surface area (Å²) in [6.07, 6.45) is -0.660. The van der Waals surface area contributed by atoms with Gasteiger partial charge in [-0.2, -0.15) is 0 Å². The van der Waals surface area contributed by atoms with Gasteiger partial charge in [0.25, 0.3) is 0 Å². The first-order valence-electron chi connectivity index (χ1n) is 4.90. The number of aliphatic carboxylic acids is 1. The molecule has 2 unspecified atom stereocenters. The fourth-order valence-corrected chi connectivity index (χ4v) is 1.32. The Bertz CT molecular complexity index is 350. The number of aliphatic hydroxyl groups is 2. The summed E-state index contributed by atoms with van der Waals surface area (Å²) in [5, 5.41) is 26.7. The average Bonchev–Trinajstić information content (AvgIpc) is 2.28. The number of hydrogen-bond acceptors (Lipinski definition) is 4. The van der Waals surface area contributed by atoms with Crippen LogP contribution in [0.4, 0.5) is 0 Å². The maximum absolute atomic E-state index is 10.5. The van der Waals surface area contributed by atoms with Crippen LogP contribution in [0, 0.1) is 0 Å². The van der Waals surface area contributed by atoms with Gasteiger partial charge in [0.05, 0.1) is 6.61 Å². The van der Waals surface area contributed by atoms with Crippen molar-refractivity contribution in [2.75, 3.05) is 6.61 Å². The second-order valence-electron chi connectivity index (χ2n) is 3.59. The molecule has 0 aliphatic rings. The predicted molar refractivity (Wildman–Crippen MR) is 57.8 cm³/mol. The Morgan fingerprint density at radius 3 is 2.31 bits per heavy atom. The Balaban J connectivity index is 2.68. The van der Waals surface area contributed by atoms with Crippen LogP contribution >= 0.6 is 0 Å². The monoisotopic (exact) mass is 225 g/mol. The van der Waals surface area contributed by atoms with E-state index in [1.54, 1.807) is 24.3 Å². The smallest absolute Gasteiger partial charge is 0.320 e. The highest BCUT2D eigenvalue weighted by molar-refractivity contribution is 5.73. The van der Waals surface area contributed by atoms with Crippen molar-refractivity contribution in [2.24, 2.45) is 5.73 Å². The van der Waals surface area contributed by atoms with Crippen molar-refractivity contribution >= 4 is 5.97 Å². The second-order valence-corrected chi connectivity index (χ2v) is 3.59. The minimum absolute atomic E-state index is 0.241. The van der Waals surface area contributed by atoms with E-state index < -0.39 is 18.1 Å². The van der Waals surface area contributed by atoms with E-state index in [0.29, 0.717) is 5.56 Å². The molecule has 5 N–H and O–H groups in total. The third-order valence-electron chi connectivity index (χ3n) is 2.31. The summed E-state index contributed by atoms with van der Waals surface area (Å²) in [5.74, 6) is -1.04. The van der Waals surface area contributed by atoms with E-state index in [2.05, 4.69) is 0 Å². The van der Waals surface area contributed by atoms with Crippen LogP contribution in [-0.4, -0.2) is 33.9 Å². The third kappa shape index (κ3) is 3.30. The molecule has 1 aromatic rings. The number of nitrogens with two attached hydrogens (primary N) is 1. The zero-order valence-corrected chi connectivity index (χ0v) is 8.71. The van der Waals surface area contributed by atoms with Gasteiger partial charge in [-0.15, -0.1) is 0 Å². The Kier molecular flexibility index (Phi) is 4.42. The van der Waals surface area contributed by atoms with E-state index in [1.807, 2.05) is 0 Å². The molecule has 0 heterocycles. The van der Waals surface area contributed by atoms with Crippen LogP contribution in [-0.2, 0) is 11.2 Å². The number of carbonyl (C=O) groups is 1. The van der Waals surface area contributed by atoms with E-state index in [1.165, 1.54) is 0 Å². The molecule has 16 heavy (non-hydrogen) atoms. The molecule has 0 radical (unpaired) electrons. The van der Waals surface area contributed by atoms with Crippen LogP contribution < -0.4 is 5.73 Å². The molecular weight excluding hydrogens is 210 g/mol. The van der Waals surface area contributed by atoms with Crippen LogP contribution in [0.1, 0.15) is 17.2 Å². The molecule has 0 bridgehead atoms. The van der Waals surface area contributed by atoms with E-state index in [9.17, 15) is 9.90 Å². The second kappa shape index (κ2) is 5.60. The van der Waals surface area contributed by atoms with Crippen LogP contribution in [0.2, 0.25) is 0 Å². The Morgan fingerprint density at radius 1 is 1.31 bits per heavy atom. The lowest BCUT2D eigenvalue weighted by Gasteiger charge is -2.09. The lowest BCUT2D eigenvalue weighted by molar-refractivity contribution is -0.138. The number of carboxylic acid groups (broad SMARTS) is 1. The topological polar surface area (TPSA) is 104 Å². The zero-order valence-electron chi connectivity index (χ0n) is 8.71. The van der Waals surface area contributed by atoms with Crippen molar-refractivity contribution < 1.29 is 20.1 Å². The van der Waals surface area contributed by atoms with Crippen molar-refractivity contribution in [3.05, 3.63) is 35.4 Å². The van der Waals surface area contributed by atoms with E-state index in [-0.39, 0.29) is 13.0 Å². The normalized spacial score (nSPS) is 14.4. The van der Waals surface area contributed by atoms with Crippen LogP contribution in [0.15, 0.2) is 24.3 Å². The van der Waals surface area contributed by atoms with Gasteiger partial charge < -0.3 is 21.1 Å². The number of carboxylic acids is 1. The van der Waals surface area contributed by atoms with Crippen molar-refractivity contribution in [1.82, 2.24) is 0 Å². The van der Waals surface area contributed by atoms with Gasteiger partial charge in [0.1, 0.15) is 12.1 Å². The maximum atomic E-state index is 10.5. The molecule has 0 aliphatic heterocycles. The molecule has 1 rings (SSSR count). The molecule has 0 saturated carbocycles. The summed E-state index contributed by atoms with van der Waals surface area (Å²) in [5.41, 5.74) is 6.76. The van der Waals surface area contributed by atoms with Gasteiger partial charge >= 0.3 is 5.97 Å². The minimum Gasteiger partial charge on any atom is -0.480 e. The molecule has 1 aromatic carbocycles. The molecule has 0 aliphatic carbocycles. The summed E-state index contributed by atoms with van der Waals surface area (Å²) < 4.78 is 0.